The van der Waals surface area contributed by atoms with E-state index in [1.807, 2.05) is 0 Å². The van der Waals surface area contributed by atoms with Crippen molar-refractivity contribution in [2.24, 2.45) is 5.92 Å². The van der Waals surface area contributed by atoms with E-state index in [4.69, 9.17) is 0 Å². The lowest BCUT2D eigenvalue weighted by molar-refractivity contribution is -0.135. The van der Waals surface area contributed by atoms with E-state index >= 15 is 0 Å². The van der Waals surface area contributed by atoms with E-state index in [1.54, 1.807) is 0 Å². The van der Waals surface area contributed by atoms with Crippen molar-refractivity contribution in [1.82, 2.24) is 10.2 Å². The molecule has 0 aromatic heterocycles. The minimum Gasteiger partial charge on any atom is -0.337 e. The second-order valence-corrected chi connectivity index (χ2v) is 4.86. The lowest BCUT2D eigenvalue weighted by atomic mass is 9.83. The second kappa shape index (κ2) is 4.97. The first-order chi connectivity index (χ1) is 7.31. The number of carbonyl (C=O) groups is 1. The van der Waals surface area contributed by atoms with Crippen LogP contribution < -0.4 is 5.32 Å². The molecule has 1 saturated heterocycles. The maximum atomic E-state index is 11.8. The Hall–Kier alpha value is -0.570. The minimum atomic E-state index is 0.308. The van der Waals surface area contributed by atoms with Crippen molar-refractivity contribution >= 4 is 5.91 Å². The van der Waals surface area contributed by atoms with Gasteiger partial charge in [-0.25, -0.2) is 0 Å². The minimum absolute atomic E-state index is 0.308. The maximum absolute atomic E-state index is 11.8. The number of rotatable bonds is 2. The molecule has 1 amide bonds. The lowest BCUT2D eigenvalue weighted by Gasteiger charge is -2.39. The van der Waals surface area contributed by atoms with E-state index in [0.29, 0.717) is 18.5 Å². The Morgan fingerprint density at radius 3 is 3.07 bits per heavy atom. The summed E-state index contributed by atoms with van der Waals surface area (Å²) in [5.74, 6) is 1.16. The predicted octanol–water partition coefficient (Wildman–Crippen LogP) is 1.39. The maximum Gasteiger partial charge on any atom is 0.236 e. The molecule has 1 saturated carbocycles. The van der Waals surface area contributed by atoms with Crippen molar-refractivity contribution in [3.8, 4) is 0 Å². The summed E-state index contributed by atoms with van der Waals surface area (Å²) in [6.45, 7) is 4.71. The number of nitrogens with zero attached hydrogens (tertiary/aromatic N) is 1. The van der Waals surface area contributed by atoms with Crippen molar-refractivity contribution in [3.05, 3.63) is 0 Å². The van der Waals surface area contributed by atoms with E-state index in [1.165, 1.54) is 32.1 Å². The molecule has 0 aromatic rings. The zero-order valence-corrected chi connectivity index (χ0v) is 9.67. The third-order valence-electron chi connectivity index (χ3n) is 3.90. The Labute approximate surface area is 92.2 Å². The Bertz CT molecular complexity index is 230. The average Bonchev–Trinajstić information content (AvgIpc) is 2.30. The smallest absolute Gasteiger partial charge is 0.236 e. The summed E-state index contributed by atoms with van der Waals surface area (Å²) in [5.41, 5.74) is 0. The van der Waals surface area contributed by atoms with Gasteiger partial charge in [-0.1, -0.05) is 26.2 Å². The number of piperazine rings is 1. The van der Waals surface area contributed by atoms with Gasteiger partial charge in [-0.05, 0) is 18.8 Å². The summed E-state index contributed by atoms with van der Waals surface area (Å²) < 4.78 is 0. The molecule has 86 valence electrons. The quantitative estimate of drug-likeness (QED) is 0.747. The van der Waals surface area contributed by atoms with Crippen LogP contribution in [0.25, 0.3) is 0 Å². The molecule has 15 heavy (non-hydrogen) atoms. The van der Waals surface area contributed by atoms with Crippen LogP contribution in [0.4, 0.5) is 0 Å². The van der Waals surface area contributed by atoms with Crippen LogP contribution in [-0.4, -0.2) is 36.5 Å². The third kappa shape index (κ3) is 2.51. The number of nitrogens with one attached hydrogen (secondary N) is 1. The first-order valence-corrected chi connectivity index (χ1v) is 6.31. The molecule has 1 aliphatic heterocycles. The zero-order chi connectivity index (χ0) is 10.7. The van der Waals surface area contributed by atoms with Gasteiger partial charge in [0, 0.05) is 19.1 Å². The topological polar surface area (TPSA) is 32.3 Å². The molecule has 2 aliphatic rings. The highest BCUT2D eigenvalue weighted by Crippen LogP contribution is 2.29. The van der Waals surface area contributed by atoms with E-state index in [-0.39, 0.29) is 0 Å². The van der Waals surface area contributed by atoms with Crippen LogP contribution in [-0.2, 0) is 4.79 Å². The van der Waals surface area contributed by atoms with Gasteiger partial charge in [-0.2, -0.15) is 0 Å². The Kier molecular flexibility index (Phi) is 3.62. The largest absolute Gasteiger partial charge is 0.337 e. The van der Waals surface area contributed by atoms with Crippen molar-refractivity contribution in [2.75, 3.05) is 19.6 Å². The standard InChI is InChI=1S/C12H22N2O/c1-2-10-4-3-5-11(8-10)14-7-6-13-9-12(14)15/h10-11,13H,2-9H2,1H3. The number of carbonyl (C=O) groups excluding carboxylic acids is 1. The molecule has 0 bridgehead atoms. The van der Waals surface area contributed by atoms with Gasteiger partial charge >= 0.3 is 0 Å². The van der Waals surface area contributed by atoms with Crippen LogP contribution in [0.15, 0.2) is 0 Å². The molecule has 2 fully saturated rings. The summed E-state index contributed by atoms with van der Waals surface area (Å²) >= 11 is 0. The number of hydrogen-bond donors (Lipinski definition) is 1. The van der Waals surface area contributed by atoms with Crippen molar-refractivity contribution < 1.29 is 4.79 Å². The molecule has 1 aliphatic carbocycles. The van der Waals surface area contributed by atoms with E-state index < -0.39 is 0 Å². The molecule has 0 radical (unpaired) electrons. The average molecular weight is 210 g/mol. The van der Waals surface area contributed by atoms with Crippen molar-refractivity contribution in [2.45, 2.75) is 45.1 Å². The summed E-state index contributed by atoms with van der Waals surface area (Å²) in [7, 11) is 0. The molecular weight excluding hydrogens is 188 g/mol. The predicted molar refractivity (Wildman–Crippen MR) is 60.6 cm³/mol. The molecule has 2 unspecified atom stereocenters. The van der Waals surface area contributed by atoms with Crippen molar-refractivity contribution in [1.29, 1.82) is 0 Å². The Morgan fingerprint density at radius 1 is 1.47 bits per heavy atom. The molecule has 2 rings (SSSR count). The van der Waals surface area contributed by atoms with Crippen molar-refractivity contribution in [3.63, 3.8) is 0 Å². The summed E-state index contributed by atoms with van der Waals surface area (Å²) in [4.78, 5) is 13.9. The fraction of sp³-hybridized carbons (Fsp3) is 0.917. The highest BCUT2D eigenvalue weighted by molar-refractivity contribution is 5.79. The van der Waals surface area contributed by atoms with Gasteiger partial charge in [0.25, 0.3) is 0 Å². The number of hydrogen-bond acceptors (Lipinski definition) is 2. The van der Waals surface area contributed by atoms with E-state index in [0.717, 1.165) is 19.0 Å². The van der Waals surface area contributed by atoms with Gasteiger partial charge in [-0.3, -0.25) is 4.79 Å². The highest BCUT2D eigenvalue weighted by atomic mass is 16.2. The van der Waals surface area contributed by atoms with Crippen LogP contribution in [0.2, 0.25) is 0 Å². The Morgan fingerprint density at radius 2 is 2.33 bits per heavy atom. The fourth-order valence-electron chi connectivity index (χ4n) is 2.92. The van der Waals surface area contributed by atoms with Crippen LogP contribution >= 0.6 is 0 Å². The van der Waals surface area contributed by atoms with Gasteiger partial charge in [0.15, 0.2) is 0 Å². The monoisotopic (exact) mass is 210 g/mol. The summed E-state index contributed by atoms with van der Waals surface area (Å²) in [5, 5.41) is 3.14. The van der Waals surface area contributed by atoms with Crippen LogP contribution in [0.5, 0.6) is 0 Å². The lowest BCUT2D eigenvalue weighted by Crippen LogP contribution is -2.53. The van der Waals surface area contributed by atoms with E-state index in [2.05, 4.69) is 17.1 Å². The van der Waals surface area contributed by atoms with Gasteiger partial charge in [0.2, 0.25) is 5.91 Å². The molecule has 3 heteroatoms. The molecule has 1 N–H and O–H groups in total. The van der Waals surface area contributed by atoms with Gasteiger partial charge in [0.05, 0.1) is 6.54 Å². The molecule has 0 aromatic carbocycles. The first-order valence-electron chi connectivity index (χ1n) is 6.31. The summed E-state index contributed by atoms with van der Waals surface area (Å²) in [6.07, 6.45) is 6.41. The third-order valence-corrected chi connectivity index (χ3v) is 3.90. The highest BCUT2D eigenvalue weighted by Gasteiger charge is 2.29. The normalized spacial score (nSPS) is 33.1. The van der Waals surface area contributed by atoms with Crippen LogP contribution in [0, 0.1) is 5.92 Å². The van der Waals surface area contributed by atoms with E-state index in [9.17, 15) is 4.79 Å². The number of amides is 1. The molecular formula is C12H22N2O. The first kappa shape index (κ1) is 10.9. The van der Waals surface area contributed by atoms with Crippen LogP contribution in [0.3, 0.4) is 0 Å². The fourth-order valence-corrected chi connectivity index (χ4v) is 2.92. The Balaban J connectivity index is 1.93. The van der Waals surface area contributed by atoms with Crippen LogP contribution in [0.1, 0.15) is 39.0 Å². The molecule has 2 atom stereocenters. The summed E-state index contributed by atoms with van der Waals surface area (Å²) in [6, 6.07) is 0.540. The van der Waals surface area contributed by atoms with Gasteiger partial charge in [0.1, 0.15) is 0 Å². The molecule has 3 nitrogen and oxygen atoms in total. The zero-order valence-electron chi connectivity index (χ0n) is 9.67. The van der Waals surface area contributed by atoms with Gasteiger partial charge < -0.3 is 10.2 Å². The SMILES string of the molecule is CCC1CCCC(N2CCNCC2=O)C1. The molecule has 1 heterocycles. The molecule has 0 spiro atoms. The van der Waals surface area contributed by atoms with Gasteiger partial charge in [-0.15, -0.1) is 0 Å². The second-order valence-electron chi connectivity index (χ2n) is 4.86.